The molecular weight excluding hydrogens is 342 g/mol. The van der Waals surface area contributed by atoms with Crippen LogP contribution in [0.15, 0.2) is 36.4 Å². The quantitative estimate of drug-likeness (QED) is 0.851. The maximum absolute atomic E-state index is 12.6. The van der Waals surface area contributed by atoms with Crippen LogP contribution >= 0.6 is 0 Å². The van der Waals surface area contributed by atoms with Crippen molar-refractivity contribution >= 4 is 29.1 Å². The Morgan fingerprint density at radius 2 is 1.59 bits per heavy atom. The second-order valence-electron chi connectivity index (χ2n) is 6.75. The van der Waals surface area contributed by atoms with Crippen LogP contribution < -0.4 is 10.6 Å². The molecule has 0 spiro atoms. The molecule has 3 amide bonds. The average molecular weight is 367 g/mol. The zero-order valence-corrected chi connectivity index (χ0v) is 16.3. The minimum absolute atomic E-state index is 0.0735. The SMILES string of the molecule is CC(=O)Nc1cccc(C(=O)N(C)CC(=O)Nc2c(C)cc(C)cc2C)c1. The molecule has 2 aromatic rings. The molecule has 0 aliphatic heterocycles. The van der Waals surface area contributed by atoms with Crippen LogP contribution in [0, 0.1) is 20.8 Å². The van der Waals surface area contributed by atoms with Crippen LogP contribution in [-0.2, 0) is 9.59 Å². The van der Waals surface area contributed by atoms with E-state index in [0.717, 1.165) is 22.4 Å². The predicted octanol–water partition coefficient (Wildman–Crippen LogP) is 3.28. The minimum atomic E-state index is -0.297. The van der Waals surface area contributed by atoms with Crippen LogP contribution in [0.4, 0.5) is 11.4 Å². The lowest BCUT2D eigenvalue weighted by atomic mass is 10.1. The molecule has 6 nitrogen and oxygen atoms in total. The van der Waals surface area contributed by atoms with Crippen molar-refractivity contribution in [3.8, 4) is 0 Å². The van der Waals surface area contributed by atoms with Gasteiger partial charge in [-0.25, -0.2) is 0 Å². The van der Waals surface area contributed by atoms with Crippen molar-refractivity contribution in [2.45, 2.75) is 27.7 Å². The predicted molar refractivity (Wildman–Crippen MR) is 107 cm³/mol. The fraction of sp³-hybridized carbons (Fsp3) is 0.286. The van der Waals surface area contributed by atoms with Gasteiger partial charge in [-0.05, 0) is 50.1 Å². The maximum atomic E-state index is 12.6. The van der Waals surface area contributed by atoms with Crippen molar-refractivity contribution in [1.82, 2.24) is 4.90 Å². The highest BCUT2D eigenvalue weighted by atomic mass is 16.2. The third kappa shape index (κ3) is 5.41. The highest BCUT2D eigenvalue weighted by Crippen LogP contribution is 2.22. The summed E-state index contributed by atoms with van der Waals surface area (Å²) in [5, 5.41) is 5.53. The summed E-state index contributed by atoms with van der Waals surface area (Å²) < 4.78 is 0. The van der Waals surface area contributed by atoms with Gasteiger partial charge in [0.25, 0.3) is 5.91 Å². The van der Waals surface area contributed by atoms with Gasteiger partial charge in [0.05, 0.1) is 6.54 Å². The number of hydrogen-bond donors (Lipinski definition) is 2. The lowest BCUT2D eigenvalue weighted by molar-refractivity contribution is -0.116. The smallest absolute Gasteiger partial charge is 0.254 e. The molecule has 2 rings (SSSR count). The van der Waals surface area contributed by atoms with Crippen molar-refractivity contribution in [3.05, 3.63) is 58.7 Å². The van der Waals surface area contributed by atoms with Gasteiger partial charge in [-0.3, -0.25) is 14.4 Å². The summed E-state index contributed by atoms with van der Waals surface area (Å²) in [6.45, 7) is 7.22. The normalized spacial score (nSPS) is 10.3. The number of carbonyl (C=O) groups is 3. The van der Waals surface area contributed by atoms with Gasteiger partial charge in [0.1, 0.15) is 0 Å². The van der Waals surface area contributed by atoms with Gasteiger partial charge in [-0.2, -0.15) is 0 Å². The van der Waals surface area contributed by atoms with E-state index in [4.69, 9.17) is 0 Å². The zero-order chi connectivity index (χ0) is 20.1. The van der Waals surface area contributed by atoms with E-state index in [1.54, 1.807) is 31.3 Å². The van der Waals surface area contributed by atoms with Gasteiger partial charge in [0.2, 0.25) is 11.8 Å². The summed E-state index contributed by atoms with van der Waals surface area (Å²) in [4.78, 5) is 37.5. The Labute approximate surface area is 159 Å². The Morgan fingerprint density at radius 1 is 0.963 bits per heavy atom. The van der Waals surface area contributed by atoms with Crippen LogP contribution in [0.1, 0.15) is 34.0 Å². The molecule has 0 bridgehead atoms. The highest BCUT2D eigenvalue weighted by molar-refractivity contribution is 6.00. The first-order chi connectivity index (χ1) is 12.7. The number of aryl methyl sites for hydroxylation is 3. The molecule has 0 heterocycles. The Bertz CT molecular complexity index is 867. The number of benzene rings is 2. The van der Waals surface area contributed by atoms with Gasteiger partial charge < -0.3 is 15.5 Å². The monoisotopic (exact) mass is 367 g/mol. The summed E-state index contributed by atoms with van der Waals surface area (Å²) in [6.07, 6.45) is 0. The Morgan fingerprint density at radius 3 is 2.19 bits per heavy atom. The lowest BCUT2D eigenvalue weighted by Gasteiger charge is -2.19. The molecule has 0 saturated carbocycles. The van der Waals surface area contributed by atoms with Gasteiger partial charge in [0.15, 0.2) is 0 Å². The summed E-state index contributed by atoms with van der Waals surface area (Å²) in [5.41, 5.74) is 4.82. The summed E-state index contributed by atoms with van der Waals surface area (Å²) >= 11 is 0. The van der Waals surface area contributed by atoms with Crippen molar-refractivity contribution < 1.29 is 14.4 Å². The molecular formula is C21H25N3O3. The van der Waals surface area contributed by atoms with E-state index in [-0.39, 0.29) is 24.3 Å². The van der Waals surface area contributed by atoms with Crippen LogP contribution in [-0.4, -0.2) is 36.2 Å². The molecule has 0 radical (unpaired) electrons. The lowest BCUT2D eigenvalue weighted by Crippen LogP contribution is -2.35. The van der Waals surface area contributed by atoms with Crippen molar-refractivity contribution in [1.29, 1.82) is 0 Å². The topological polar surface area (TPSA) is 78.5 Å². The zero-order valence-electron chi connectivity index (χ0n) is 16.3. The van der Waals surface area contributed by atoms with Crippen LogP contribution in [0.3, 0.4) is 0 Å². The standard InChI is InChI=1S/C21H25N3O3/c1-13-9-14(2)20(15(3)10-13)23-19(26)12-24(5)21(27)17-7-6-8-18(11-17)22-16(4)25/h6-11H,12H2,1-5H3,(H,22,25)(H,23,26). The van der Waals surface area contributed by atoms with Crippen LogP contribution in [0.2, 0.25) is 0 Å². The van der Waals surface area contributed by atoms with E-state index in [1.165, 1.54) is 11.8 Å². The van der Waals surface area contributed by atoms with Gasteiger partial charge >= 0.3 is 0 Å². The molecule has 0 aromatic heterocycles. The molecule has 142 valence electrons. The van der Waals surface area contributed by atoms with E-state index in [1.807, 2.05) is 32.9 Å². The third-order valence-electron chi connectivity index (χ3n) is 4.10. The van der Waals surface area contributed by atoms with E-state index < -0.39 is 0 Å². The largest absolute Gasteiger partial charge is 0.332 e. The summed E-state index contributed by atoms with van der Waals surface area (Å²) in [7, 11) is 1.57. The van der Waals surface area contributed by atoms with Gasteiger partial charge in [-0.1, -0.05) is 23.8 Å². The number of hydrogen-bond acceptors (Lipinski definition) is 3. The van der Waals surface area contributed by atoms with Crippen LogP contribution in [0.25, 0.3) is 0 Å². The minimum Gasteiger partial charge on any atom is -0.332 e. The molecule has 0 fully saturated rings. The maximum Gasteiger partial charge on any atom is 0.254 e. The van der Waals surface area contributed by atoms with Gasteiger partial charge in [0, 0.05) is 30.9 Å². The number of carbonyl (C=O) groups excluding carboxylic acids is 3. The molecule has 0 atom stereocenters. The Balaban J connectivity index is 2.06. The third-order valence-corrected chi connectivity index (χ3v) is 4.10. The second kappa shape index (κ2) is 8.49. The fourth-order valence-electron chi connectivity index (χ4n) is 3.00. The summed E-state index contributed by atoms with van der Waals surface area (Å²) in [5.74, 6) is -0.773. The molecule has 0 unspecified atom stereocenters. The Kier molecular flexibility index (Phi) is 6.34. The number of anilines is 2. The second-order valence-corrected chi connectivity index (χ2v) is 6.75. The van der Waals surface area contributed by atoms with E-state index in [9.17, 15) is 14.4 Å². The molecule has 2 aromatic carbocycles. The van der Waals surface area contributed by atoms with E-state index in [0.29, 0.717) is 11.3 Å². The highest BCUT2D eigenvalue weighted by Gasteiger charge is 2.16. The molecule has 0 aliphatic carbocycles. The number of nitrogens with one attached hydrogen (secondary N) is 2. The average Bonchev–Trinajstić information content (AvgIpc) is 2.57. The molecule has 6 heteroatoms. The van der Waals surface area contributed by atoms with Gasteiger partial charge in [-0.15, -0.1) is 0 Å². The molecule has 27 heavy (non-hydrogen) atoms. The van der Waals surface area contributed by atoms with Crippen molar-refractivity contribution in [2.24, 2.45) is 0 Å². The summed E-state index contributed by atoms with van der Waals surface area (Å²) in [6, 6.07) is 10.6. The number of rotatable bonds is 5. The molecule has 0 aliphatic rings. The van der Waals surface area contributed by atoms with E-state index in [2.05, 4.69) is 10.6 Å². The number of nitrogens with zero attached hydrogens (tertiary/aromatic N) is 1. The first-order valence-corrected chi connectivity index (χ1v) is 8.68. The first-order valence-electron chi connectivity index (χ1n) is 8.68. The molecule has 0 saturated heterocycles. The number of likely N-dealkylation sites (N-methyl/N-ethyl adjacent to an activating group) is 1. The molecule has 2 N–H and O–H groups in total. The van der Waals surface area contributed by atoms with Crippen molar-refractivity contribution in [2.75, 3.05) is 24.2 Å². The first kappa shape index (κ1) is 20.2. The Hall–Kier alpha value is -3.15. The van der Waals surface area contributed by atoms with E-state index >= 15 is 0 Å². The fourth-order valence-corrected chi connectivity index (χ4v) is 3.00. The van der Waals surface area contributed by atoms with Crippen molar-refractivity contribution in [3.63, 3.8) is 0 Å². The number of amides is 3. The van der Waals surface area contributed by atoms with Crippen LogP contribution in [0.5, 0.6) is 0 Å².